The Morgan fingerprint density at radius 3 is 2.76 bits per heavy atom. The van der Waals surface area contributed by atoms with Gasteiger partial charge in [0.2, 0.25) is 5.82 Å². The third-order valence-electron chi connectivity index (χ3n) is 4.67. The van der Waals surface area contributed by atoms with Crippen LogP contribution in [0.15, 0.2) is 0 Å². The Morgan fingerprint density at radius 2 is 2.10 bits per heavy atom. The quantitative estimate of drug-likeness (QED) is 0.778. The summed E-state index contributed by atoms with van der Waals surface area (Å²) in [6, 6.07) is -0.376. The summed E-state index contributed by atoms with van der Waals surface area (Å²) >= 11 is 0. The summed E-state index contributed by atoms with van der Waals surface area (Å²) in [5.41, 5.74) is -0.913. The van der Waals surface area contributed by atoms with Gasteiger partial charge in [-0.15, -0.1) is 5.10 Å². The highest BCUT2D eigenvalue weighted by atomic mass is 16.4. The van der Waals surface area contributed by atoms with Crippen LogP contribution in [0.4, 0.5) is 0 Å². The molecule has 21 heavy (non-hydrogen) atoms. The number of aliphatic carboxylic acids is 1. The van der Waals surface area contributed by atoms with Crippen molar-refractivity contribution < 1.29 is 14.7 Å². The van der Waals surface area contributed by atoms with E-state index in [0.717, 1.165) is 31.5 Å². The summed E-state index contributed by atoms with van der Waals surface area (Å²) in [4.78, 5) is 28.0. The van der Waals surface area contributed by atoms with Gasteiger partial charge in [-0.2, -0.15) is 0 Å². The highest BCUT2D eigenvalue weighted by Crippen LogP contribution is 2.38. The molecule has 2 unspecified atom stereocenters. The van der Waals surface area contributed by atoms with Gasteiger partial charge in [-0.05, 0) is 32.6 Å². The van der Waals surface area contributed by atoms with Gasteiger partial charge in [0, 0.05) is 12.0 Å². The smallest absolute Gasteiger partial charge is 0.311 e. The van der Waals surface area contributed by atoms with Crippen LogP contribution in [0, 0.1) is 5.41 Å². The topological polar surface area (TPSA) is 108 Å². The molecule has 2 saturated carbocycles. The van der Waals surface area contributed by atoms with E-state index >= 15 is 0 Å². The fourth-order valence-corrected chi connectivity index (χ4v) is 2.96. The van der Waals surface area contributed by atoms with Crippen molar-refractivity contribution in [1.29, 1.82) is 0 Å². The third-order valence-corrected chi connectivity index (χ3v) is 4.67. The van der Waals surface area contributed by atoms with E-state index in [4.69, 9.17) is 0 Å². The second-order valence-electron chi connectivity index (χ2n) is 6.31. The molecule has 7 heteroatoms. The van der Waals surface area contributed by atoms with E-state index in [-0.39, 0.29) is 11.9 Å². The zero-order valence-corrected chi connectivity index (χ0v) is 12.1. The number of H-pyrrole nitrogens is 1. The van der Waals surface area contributed by atoms with E-state index in [1.54, 1.807) is 6.92 Å². The van der Waals surface area contributed by atoms with Crippen molar-refractivity contribution >= 4 is 11.9 Å². The molecule has 1 amide bonds. The molecule has 0 spiro atoms. The highest BCUT2D eigenvalue weighted by molar-refractivity contribution is 5.91. The van der Waals surface area contributed by atoms with Crippen molar-refractivity contribution in [3.63, 3.8) is 0 Å². The van der Waals surface area contributed by atoms with Crippen molar-refractivity contribution in [2.45, 2.75) is 57.4 Å². The maximum atomic E-state index is 12.2. The van der Waals surface area contributed by atoms with E-state index < -0.39 is 17.3 Å². The lowest BCUT2D eigenvalue weighted by Gasteiger charge is -2.38. The number of hydrogen-bond acceptors (Lipinski definition) is 4. The largest absolute Gasteiger partial charge is 0.481 e. The van der Waals surface area contributed by atoms with Crippen molar-refractivity contribution in [3.8, 4) is 0 Å². The van der Waals surface area contributed by atoms with Gasteiger partial charge in [-0.3, -0.25) is 14.7 Å². The number of nitrogens with zero attached hydrogens (tertiary/aromatic N) is 2. The standard InChI is InChI=1S/C14H20N4O3/c1-14(13(20)21)7-3-2-4-9(14)15-12(19)11-16-10(17-18-11)8-5-6-8/h8-9H,2-7H2,1H3,(H,15,19)(H,20,21)(H,16,17,18). The normalized spacial score (nSPS) is 29.1. The van der Waals surface area contributed by atoms with E-state index in [1.165, 1.54) is 0 Å². The molecule has 2 aliphatic carbocycles. The van der Waals surface area contributed by atoms with Crippen LogP contribution in [-0.2, 0) is 4.79 Å². The minimum absolute atomic E-state index is 0.107. The molecule has 114 valence electrons. The molecule has 7 nitrogen and oxygen atoms in total. The fourth-order valence-electron chi connectivity index (χ4n) is 2.96. The molecule has 3 N–H and O–H groups in total. The van der Waals surface area contributed by atoms with Crippen LogP contribution in [0.5, 0.6) is 0 Å². The number of carbonyl (C=O) groups is 2. The molecule has 2 fully saturated rings. The molecule has 0 saturated heterocycles. The van der Waals surface area contributed by atoms with Gasteiger partial charge < -0.3 is 10.4 Å². The number of carboxylic acids is 1. The van der Waals surface area contributed by atoms with Crippen LogP contribution in [0.25, 0.3) is 0 Å². The molecular weight excluding hydrogens is 272 g/mol. The second-order valence-corrected chi connectivity index (χ2v) is 6.31. The average Bonchev–Trinajstić information content (AvgIpc) is 3.18. The maximum absolute atomic E-state index is 12.2. The number of amides is 1. The Kier molecular flexibility index (Phi) is 3.43. The minimum atomic E-state index is -0.913. The van der Waals surface area contributed by atoms with Gasteiger partial charge in [0.15, 0.2) is 0 Å². The molecule has 1 aromatic heterocycles. The first-order chi connectivity index (χ1) is 10.0. The van der Waals surface area contributed by atoms with Crippen molar-refractivity contribution in [1.82, 2.24) is 20.5 Å². The van der Waals surface area contributed by atoms with E-state index in [1.807, 2.05) is 0 Å². The monoisotopic (exact) mass is 292 g/mol. The minimum Gasteiger partial charge on any atom is -0.481 e. The van der Waals surface area contributed by atoms with Gasteiger partial charge in [0.1, 0.15) is 5.82 Å². The van der Waals surface area contributed by atoms with Crippen molar-refractivity contribution in [2.24, 2.45) is 5.41 Å². The fraction of sp³-hybridized carbons (Fsp3) is 0.714. The molecule has 1 heterocycles. The molecule has 0 radical (unpaired) electrons. The lowest BCUT2D eigenvalue weighted by molar-refractivity contribution is -0.151. The first kappa shape index (κ1) is 14.0. The Hall–Kier alpha value is -1.92. The molecule has 2 aliphatic rings. The lowest BCUT2D eigenvalue weighted by Crippen LogP contribution is -2.52. The highest BCUT2D eigenvalue weighted by Gasteiger charge is 2.44. The maximum Gasteiger partial charge on any atom is 0.311 e. The summed E-state index contributed by atoms with van der Waals surface area (Å²) in [5, 5.41) is 19.0. The first-order valence-electron chi connectivity index (χ1n) is 7.47. The van der Waals surface area contributed by atoms with Crippen LogP contribution >= 0.6 is 0 Å². The summed E-state index contributed by atoms with van der Waals surface area (Å²) in [5.74, 6) is 0.0108. The average molecular weight is 292 g/mol. The summed E-state index contributed by atoms with van der Waals surface area (Å²) in [6.07, 6.45) is 5.21. The van der Waals surface area contributed by atoms with Gasteiger partial charge in [0.25, 0.3) is 5.91 Å². The Bertz CT molecular complexity index is 566. The Morgan fingerprint density at radius 1 is 1.33 bits per heavy atom. The van der Waals surface area contributed by atoms with Gasteiger partial charge in [-0.25, -0.2) is 4.98 Å². The number of rotatable bonds is 4. The first-order valence-corrected chi connectivity index (χ1v) is 7.47. The summed E-state index contributed by atoms with van der Waals surface area (Å²) in [6.45, 7) is 1.70. The molecule has 0 aliphatic heterocycles. The summed E-state index contributed by atoms with van der Waals surface area (Å²) < 4.78 is 0. The molecule has 2 atom stereocenters. The van der Waals surface area contributed by atoms with Crippen LogP contribution < -0.4 is 5.32 Å². The zero-order chi connectivity index (χ0) is 15.0. The van der Waals surface area contributed by atoms with Gasteiger partial charge >= 0.3 is 5.97 Å². The van der Waals surface area contributed by atoms with E-state index in [9.17, 15) is 14.7 Å². The number of nitrogens with one attached hydrogen (secondary N) is 2. The Balaban J connectivity index is 1.71. The van der Waals surface area contributed by atoms with Crippen LogP contribution in [0.3, 0.4) is 0 Å². The predicted octanol–water partition coefficient (Wildman–Crippen LogP) is 1.45. The van der Waals surface area contributed by atoms with Gasteiger partial charge in [0.05, 0.1) is 5.41 Å². The number of aromatic amines is 1. The zero-order valence-electron chi connectivity index (χ0n) is 12.1. The van der Waals surface area contributed by atoms with Crippen LogP contribution in [0.1, 0.15) is 67.8 Å². The second kappa shape index (κ2) is 5.13. The molecular formula is C14H20N4O3. The number of carbonyl (C=O) groups excluding carboxylic acids is 1. The van der Waals surface area contributed by atoms with Crippen molar-refractivity contribution in [2.75, 3.05) is 0 Å². The SMILES string of the molecule is CC1(C(=O)O)CCCCC1NC(=O)c1n[nH]c(C2CC2)n1. The lowest BCUT2D eigenvalue weighted by atomic mass is 9.71. The van der Waals surface area contributed by atoms with Crippen LogP contribution in [0.2, 0.25) is 0 Å². The van der Waals surface area contributed by atoms with Crippen LogP contribution in [-0.4, -0.2) is 38.2 Å². The molecule has 3 rings (SSSR count). The molecule has 0 aromatic carbocycles. The number of hydrogen-bond donors (Lipinski definition) is 3. The van der Waals surface area contributed by atoms with E-state index in [0.29, 0.717) is 18.8 Å². The van der Waals surface area contributed by atoms with Crippen molar-refractivity contribution in [3.05, 3.63) is 11.6 Å². The number of carboxylic acid groups (broad SMARTS) is 1. The van der Waals surface area contributed by atoms with E-state index in [2.05, 4.69) is 20.5 Å². The summed E-state index contributed by atoms with van der Waals surface area (Å²) in [7, 11) is 0. The Labute approximate surface area is 122 Å². The van der Waals surface area contributed by atoms with Gasteiger partial charge in [-0.1, -0.05) is 12.8 Å². The number of aromatic nitrogens is 3. The molecule has 1 aromatic rings. The molecule has 0 bridgehead atoms. The predicted molar refractivity (Wildman–Crippen MR) is 73.8 cm³/mol. The third kappa shape index (κ3) is 2.64.